The summed E-state index contributed by atoms with van der Waals surface area (Å²) < 4.78 is 0.325. The van der Waals surface area contributed by atoms with Crippen molar-refractivity contribution in [2.24, 2.45) is 4.99 Å². The van der Waals surface area contributed by atoms with Gasteiger partial charge in [0, 0.05) is 41.6 Å². The molecule has 0 aromatic carbocycles. The molecule has 0 spiro atoms. The van der Waals surface area contributed by atoms with E-state index < -0.39 is 0 Å². The van der Waals surface area contributed by atoms with Gasteiger partial charge >= 0.3 is 0 Å². The highest BCUT2D eigenvalue weighted by Gasteiger charge is 2.28. The molecular weight excluding hydrogens is 274 g/mol. The Morgan fingerprint density at radius 2 is 2.37 bits per heavy atom. The standard InChI is InChI=1S/C14H27N3S2/c1-5-9-18-10-7-16-13(15-6-2)17-8-11-19-14(3,4)12-17/h5H,1,6-12H2,2-4H3,(H,15,16). The number of thioether (sulfide) groups is 2. The summed E-state index contributed by atoms with van der Waals surface area (Å²) in [5.41, 5.74) is 0. The summed E-state index contributed by atoms with van der Waals surface area (Å²) >= 11 is 3.94. The van der Waals surface area contributed by atoms with Gasteiger partial charge in [-0.1, -0.05) is 6.08 Å². The number of aliphatic imine (C=N–C) groups is 1. The quantitative estimate of drug-likeness (QED) is 0.353. The molecule has 0 aromatic rings. The number of guanidine groups is 1. The number of nitrogens with zero attached hydrogens (tertiary/aromatic N) is 2. The van der Waals surface area contributed by atoms with E-state index in [0.29, 0.717) is 4.75 Å². The van der Waals surface area contributed by atoms with Gasteiger partial charge in [-0.25, -0.2) is 0 Å². The Kier molecular flexibility index (Phi) is 7.76. The summed E-state index contributed by atoms with van der Waals surface area (Å²) in [6.45, 7) is 14.5. The lowest BCUT2D eigenvalue weighted by Gasteiger charge is -2.39. The Morgan fingerprint density at radius 3 is 3.00 bits per heavy atom. The van der Waals surface area contributed by atoms with Crippen LogP contribution >= 0.6 is 23.5 Å². The molecule has 0 aromatic heterocycles. The lowest BCUT2D eigenvalue weighted by Crippen LogP contribution is -2.51. The molecule has 110 valence electrons. The molecule has 0 bridgehead atoms. The summed E-state index contributed by atoms with van der Waals surface area (Å²) in [7, 11) is 0. The van der Waals surface area contributed by atoms with Crippen LogP contribution < -0.4 is 5.32 Å². The van der Waals surface area contributed by atoms with Gasteiger partial charge in [-0.05, 0) is 20.8 Å². The summed E-state index contributed by atoms with van der Waals surface area (Å²) in [5, 5.41) is 3.42. The lowest BCUT2D eigenvalue weighted by atomic mass is 10.2. The first kappa shape index (κ1) is 16.8. The maximum Gasteiger partial charge on any atom is 0.194 e. The van der Waals surface area contributed by atoms with Crippen LogP contribution in [0.3, 0.4) is 0 Å². The fourth-order valence-corrected chi connectivity index (χ4v) is 3.67. The van der Waals surface area contributed by atoms with Gasteiger partial charge in [-0.3, -0.25) is 4.99 Å². The first-order valence-electron chi connectivity index (χ1n) is 6.95. The van der Waals surface area contributed by atoms with Gasteiger partial charge in [-0.2, -0.15) is 23.5 Å². The molecule has 0 saturated carbocycles. The van der Waals surface area contributed by atoms with E-state index >= 15 is 0 Å². The Hall–Kier alpha value is -0.290. The summed E-state index contributed by atoms with van der Waals surface area (Å²) in [5.74, 6) is 4.34. The van der Waals surface area contributed by atoms with E-state index in [1.165, 1.54) is 5.75 Å². The van der Waals surface area contributed by atoms with Crippen molar-refractivity contribution < 1.29 is 0 Å². The van der Waals surface area contributed by atoms with E-state index in [0.717, 1.165) is 43.6 Å². The predicted octanol–water partition coefficient (Wildman–Crippen LogP) is 2.70. The van der Waals surface area contributed by atoms with E-state index in [2.05, 4.69) is 49.3 Å². The van der Waals surface area contributed by atoms with Crippen molar-refractivity contribution in [3.63, 3.8) is 0 Å². The summed E-state index contributed by atoms with van der Waals surface area (Å²) in [4.78, 5) is 7.14. The molecular formula is C14H27N3S2. The number of rotatable bonds is 6. The molecule has 1 fully saturated rings. The third-order valence-corrected chi connectivity index (χ3v) is 5.03. The van der Waals surface area contributed by atoms with Gasteiger partial charge in [0.15, 0.2) is 5.96 Å². The van der Waals surface area contributed by atoms with Crippen LogP contribution in [0.25, 0.3) is 0 Å². The van der Waals surface area contributed by atoms with Gasteiger partial charge < -0.3 is 10.2 Å². The SMILES string of the molecule is C=CCSCCN=C(NCC)N1CCSC(C)(C)C1. The average Bonchev–Trinajstić information content (AvgIpc) is 2.36. The number of hydrogen-bond acceptors (Lipinski definition) is 3. The van der Waals surface area contributed by atoms with Crippen molar-refractivity contribution in [2.75, 3.05) is 43.4 Å². The highest BCUT2D eigenvalue weighted by atomic mass is 32.2. The van der Waals surface area contributed by atoms with E-state index in [-0.39, 0.29) is 0 Å². The predicted molar refractivity (Wildman–Crippen MR) is 91.6 cm³/mol. The molecule has 1 N–H and O–H groups in total. The fraction of sp³-hybridized carbons (Fsp3) is 0.786. The van der Waals surface area contributed by atoms with Crippen LogP contribution in [0.5, 0.6) is 0 Å². The van der Waals surface area contributed by atoms with Crippen LogP contribution in [0, 0.1) is 0 Å². The molecule has 0 amide bonds. The second-order valence-corrected chi connectivity index (χ2v) is 8.08. The number of hydrogen-bond donors (Lipinski definition) is 1. The van der Waals surface area contributed by atoms with Crippen LogP contribution in [-0.4, -0.2) is 59.0 Å². The molecule has 0 unspecified atom stereocenters. The molecule has 0 atom stereocenters. The second kappa shape index (κ2) is 8.80. The zero-order valence-electron chi connectivity index (χ0n) is 12.4. The zero-order valence-corrected chi connectivity index (χ0v) is 14.1. The molecule has 1 rings (SSSR count). The molecule has 0 aliphatic carbocycles. The third-order valence-electron chi connectivity index (χ3n) is 2.79. The van der Waals surface area contributed by atoms with Crippen LogP contribution in [0.4, 0.5) is 0 Å². The van der Waals surface area contributed by atoms with Crippen molar-refractivity contribution in [3.8, 4) is 0 Å². The normalized spacial score (nSPS) is 19.3. The third kappa shape index (κ3) is 6.61. The monoisotopic (exact) mass is 301 g/mol. The summed E-state index contributed by atoms with van der Waals surface area (Å²) in [6.07, 6.45) is 1.95. The highest BCUT2D eigenvalue weighted by molar-refractivity contribution is 8.00. The van der Waals surface area contributed by atoms with Crippen molar-refractivity contribution in [2.45, 2.75) is 25.5 Å². The van der Waals surface area contributed by atoms with Crippen LogP contribution in [0.15, 0.2) is 17.6 Å². The average molecular weight is 302 g/mol. The van der Waals surface area contributed by atoms with Crippen molar-refractivity contribution in [1.29, 1.82) is 0 Å². The first-order valence-corrected chi connectivity index (χ1v) is 9.09. The van der Waals surface area contributed by atoms with Crippen LogP contribution in [0.1, 0.15) is 20.8 Å². The Balaban J connectivity index is 2.50. The lowest BCUT2D eigenvalue weighted by molar-refractivity contribution is 0.376. The molecule has 3 nitrogen and oxygen atoms in total. The second-order valence-electron chi connectivity index (χ2n) is 5.13. The Morgan fingerprint density at radius 1 is 1.58 bits per heavy atom. The van der Waals surface area contributed by atoms with E-state index in [4.69, 9.17) is 4.99 Å². The van der Waals surface area contributed by atoms with Crippen molar-refractivity contribution >= 4 is 29.5 Å². The number of nitrogens with one attached hydrogen (secondary N) is 1. The zero-order chi connectivity index (χ0) is 14.1. The molecule has 5 heteroatoms. The van der Waals surface area contributed by atoms with E-state index in [1.807, 2.05) is 17.8 Å². The fourth-order valence-electron chi connectivity index (χ4n) is 2.01. The van der Waals surface area contributed by atoms with Crippen LogP contribution in [-0.2, 0) is 0 Å². The van der Waals surface area contributed by atoms with Gasteiger partial charge in [0.05, 0.1) is 6.54 Å². The smallest absolute Gasteiger partial charge is 0.194 e. The molecule has 1 saturated heterocycles. The molecule has 0 radical (unpaired) electrons. The minimum Gasteiger partial charge on any atom is -0.357 e. The minimum atomic E-state index is 0.325. The molecule has 1 heterocycles. The van der Waals surface area contributed by atoms with Gasteiger partial charge in [0.25, 0.3) is 0 Å². The highest BCUT2D eigenvalue weighted by Crippen LogP contribution is 2.29. The van der Waals surface area contributed by atoms with Gasteiger partial charge in [-0.15, -0.1) is 6.58 Å². The Bertz CT molecular complexity index is 303. The van der Waals surface area contributed by atoms with E-state index in [9.17, 15) is 0 Å². The van der Waals surface area contributed by atoms with Crippen molar-refractivity contribution in [3.05, 3.63) is 12.7 Å². The molecule has 19 heavy (non-hydrogen) atoms. The minimum absolute atomic E-state index is 0.325. The van der Waals surface area contributed by atoms with Gasteiger partial charge in [0.2, 0.25) is 0 Å². The maximum absolute atomic E-state index is 4.74. The molecule has 1 aliphatic rings. The largest absolute Gasteiger partial charge is 0.357 e. The topological polar surface area (TPSA) is 27.6 Å². The summed E-state index contributed by atoms with van der Waals surface area (Å²) in [6, 6.07) is 0. The van der Waals surface area contributed by atoms with Crippen molar-refractivity contribution in [1.82, 2.24) is 10.2 Å². The van der Waals surface area contributed by atoms with Gasteiger partial charge in [0.1, 0.15) is 0 Å². The molecule has 1 aliphatic heterocycles. The first-order chi connectivity index (χ1) is 9.09. The van der Waals surface area contributed by atoms with Crippen LogP contribution in [0.2, 0.25) is 0 Å². The maximum atomic E-state index is 4.74. The Labute approximate surface area is 126 Å². The van der Waals surface area contributed by atoms with E-state index in [1.54, 1.807) is 0 Å².